The number of halogens is 3. The molecule has 0 radical (unpaired) electrons. The quantitative estimate of drug-likeness (QED) is 0.312. The van der Waals surface area contributed by atoms with Crippen LogP contribution in [0.5, 0.6) is 5.75 Å². The van der Waals surface area contributed by atoms with Crippen LogP contribution in [0.1, 0.15) is 22.5 Å². The number of para-hydroxylation sites is 2. The summed E-state index contributed by atoms with van der Waals surface area (Å²) >= 11 is 1.33. The SMILES string of the molecule is COc1ccccc1-n1c(Cc2ccccc2)nnc1SCc1cccc(C(F)(F)F)c1. The van der Waals surface area contributed by atoms with Gasteiger partial charge in [0, 0.05) is 12.2 Å². The first-order chi connectivity index (χ1) is 15.5. The summed E-state index contributed by atoms with van der Waals surface area (Å²) in [5.41, 5.74) is 1.75. The van der Waals surface area contributed by atoms with E-state index in [9.17, 15) is 13.2 Å². The lowest BCUT2D eigenvalue weighted by Crippen LogP contribution is -2.06. The van der Waals surface area contributed by atoms with Crippen LogP contribution in [0.25, 0.3) is 5.69 Å². The first-order valence-corrected chi connectivity index (χ1v) is 10.8. The molecule has 0 saturated carbocycles. The van der Waals surface area contributed by atoms with Gasteiger partial charge in [-0.05, 0) is 29.3 Å². The van der Waals surface area contributed by atoms with E-state index in [1.54, 1.807) is 13.2 Å². The fourth-order valence-electron chi connectivity index (χ4n) is 3.33. The second-order valence-electron chi connectivity index (χ2n) is 7.06. The van der Waals surface area contributed by atoms with Crippen LogP contribution in [0.3, 0.4) is 0 Å². The Morgan fingerprint density at radius 1 is 0.875 bits per heavy atom. The number of methoxy groups -OCH3 is 1. The number of ether oxygens (including phenoxy) is 1. The van der Waals surface area contributed by atoms with Gasteiger partial charge >= 0.3 is 6.18 Å². The molecule has 0 unspecified atom stereocenters. The highest BCUT2D eigenvalue weighted by molar-refractivity contribution is 7.98. The molecule has 0 bridgehead atoms. The van der Waals surface area contributed by atoms with Crippen molar-refractivity contribution in [1.82, 2.24) is 14.8 Å². The highest BCUT2D eigenvalue weighted by Gasteiger charge is 2.30. The second-order valence-corrected chi connectivity index (χ2v) is 8.00. The molecule has 4 rings (SSSR count). The Balaban J connectivity index is 1.68. The molecule has 0 aliphatic heterocycles. The molecule has 0 aliphatic carbocycles. The van der Waals surface area contributed by atoms with Crippen LogP contribution >= 0.6 is 11.8 Å². The number of hydrogen-bond acceptors (Lipinski definition) is 4. The van der Waals surface area contributed by atoms with Crippen molar-refractivity contribution in [3.63, 3.8) is 0 Å². The summed E-state index contributed by atoms with van der Waals surface area (Å²) in [6.07, 6.45) is -3.82. The molecule has 164 valence electrons. The van der Waals surface area contributed by atoms with Gasteiger partial charge in [-0.1, -0.05) is 72.4 Å². The van der Waals surface area contributed by atoms with Gasteiger partial charge in [0.1, 0.15) is 11.6 Å². The molecular formula is C24H20F3N3OS. The molecule has 4 nitrogen and oxygen atoms in total. The van der Waals surface area contributed by atoms with Crippen molar-refractivity contribution in [1.29, 1.82) is 0 Å². The zero-order chi connectivity index (χ0) is 22.6. The van der Waals surface area contributed by atoms with Gasteiger partial charge in [0.2, 0.25) is 0 Å². The number of aromatic nitrogens is 3. The smallest absolute Gasteiger partial charge is 0.416 e. The minimum Gasteiger partial charge on any atom is -0.495 e. The van der Waals surface area contributed by atoms with E-state index >= 15 is 0 Å². The third-order valence-corrected chi connectivity index (χ3v) is 5.85. The Morgan fingerprint density at radius 2 is 1.59 bits per heavy atom. The normalized spacial score (nSPS) is 11.5. The summed E-state index contributed by atoms with van der Waals surface area (Å²) in [5, 5.41) is 9.32. The van der Waals surface area contributed by atoms with Crippen LogP contribution in [-0.2, 0) is 18.3 Å². The zero-order valence-corrected chi connectivity index (χ0v) is 18.0. The van der Waals surface area contributed by atoms with Gasteiger partial charge in [-0.3, -0.25) is 4.57 Å². The highest BCUT2D eigenvalue weighted by atomic mass is 32.2. The van der Waals surface area contributed by atoms with Gasteiger partial charge in [-0.2, -0.15) is 13.2 Å². The Bertz CT molecular complexity index is 1190. The molecular weight excluding hydrogens is 435 g/mol. The van der Waals surface area contributed by atoms with Crippen LogP contribution in [0, 0.1) is 0 Å². The molecule has 8 heteroatoms. The Labute approximate surface area is 188 Å². The summed E-state index contributed by atoms with van der Waals surface area (Å²) in [7, 11) is 1.59. The lowest BCUT2D eigenvalue weighted by molar-refractivity contribution is -0.137. The van der Waals surface area contributed by atoms with E-state index in [0.717, 1.165) is 17.3 Å². The molecule has 0 N–H and O–H groups in total. The molecule has 32 heavy (non-hydrogen) atoms. The number of hydrogen-bond donors (Lipinski definition) is 0. The van der Waals surface area contributed by atoms with Crippen molar-refractivity contribution in [3.05, 3.63) is 101 Å². The number of alkyl halides is 3. The number of benzene rings is 3. The van der Waals surface area contributed by atoms with Crippen LogP contribution in [-0.4, -0.2) is 21.9 Å². The van der Waals surface area contributed by atoms with E-state index in [0.29, 0.717) is 34.5 Å². The fraction of sp³-hybridized carbons (Fsp3) is 0.167. The predicted octanol–water partition coefficient (Wildman–Crippen LogP) is 6.18. The molecule has 0 saturated heterocycles. The minimum absolute atomic E-state index is 0.322. The molecule has 1 heterocycles. The van der Waals surface area contributed by atoms with Gasteiger partial charge in [-0.15, -0.1) is 10.2 Å². The summed E-state index contributed by atoms with van der Waals surface area (Å²) in [6.45, 7) is 0. The first kappa shape index (κ1) is 22.0. The van der Waals surface area contributed by atoms with Crippen LogP contribution in [0.2, 0.25) is 0 Å². The molecule has 0 aliphatic rings. The first-order valence-electron chi connectivity index (χ1n) is 9.86. The van der Waals surface area contributed by atoms with Crippen LogP contribution in [0.4, 0.5) is 13.2 Å². The van der Waals surface area contributed by atoms with Crippen molar-refractivity contribution in [2.45, 2.75) is 23.5 Å². The maximum absolute atomic E-state index is 13.1. The third kappa shape index (κ3) is 4.96. The van der Waals surface area contributed by atoms with Gasteiger partial charge < -0.3 is 4.74 Å². The monoisotopic (exact) mass is 455 g/mol. The van der Waals surface area contributed by atoms with Crippen molar-refractivity contribution < 1.29 is 17.9 Å². The molecule has 0 spiro atoms. The van der Waals surface area contributed by atoms with Crippen molar-refractivity contribution in [2.75, 3.05) is 7.11 Å². The molecule has 0 amide bonds. The standard InChI is InChI=1S/C24H20F3N3OS/c1-31-21-13-6-5-12-20(21)30-22(15-17-8-3-2-4-9-17)28-29-23(30)32-16-18-10-7-11-19(14-18)24(25,26)27/h2-14H,15-16H2,1H3. The largest absolute Gasteiger partial charge is 0.495 e. The van der Waals surface area contributed by atoms with E-state index in [2.05, 4.69) is 10.2 Å². The third-order valence-electron chi connectivity index (χ3n) is 4.85. The summed E-state index contributed by atoms with van der Waals surface area (Å²) < 4.78 is 46.6. The van der Waals surface area contributed by atoms with Crippen molar-refractivity contribution in [2.24, 2.45) is 0 Å². The Hall–Kier alpha value is -3.26. The van der Waals surface area contributed by atoms with Crippen molar-refractivity contribution >= 4 is 11.8 Å². The summed E-state index contributed by atoms with van der Waals surface area (Å²) in [4.78, 5) is 0. The zero-order valence-electron chi connectivity index (χ0n) is 17.2. The lowest BCUT2D eigenvalue weighted by atomic mass is 10.1. The summed E-state index contributed by atoms with van der Waals surface area (Å²) in [5.74, 6) is 1.69. The van der Waals surface area contributed by atoms with E-state index < -0.39 is 11.7 Å². The highest BCUT2D eigenvalue weighted by Crippen LogP contribution is 2.33. The molecule has 1 aromatic heterocycles. The predicted molar refractivity (Wildman–Crippen MR) is 118 cm³/mol. The average Bonchev–Trinajstić information content (AvgIpc) is 3.20. The number of thioether (sulfide) groups is 1. The van der Waals surface area contributed by atoms with Gasteiger partial charge in [0.25, 0.3) is 0 Å². The lowest BCUT2D eigenvalue weighted by Gasteiger charge is -2.14. The minimum atomic E-state index is -4.37. The van der Waals surface area contributed by atoms with E-state index in [-0.39, 0.29) is 0 Å². The van der Waals surface area contributed by atoms with E-state index in [4.69, 9.17) is 4.74 Å². The van der Waals surface area contributed by atoms with Crippen LogP contribution in [0.15, 0.2) is 84.0 Å². The molecule has 0 atom stereocenters. The number of rotatable bonds is 7. The molecule has 0 fully saturated rings. The summed E-state index contributed by atoms with van der Waals surface area (Å²) in [6, 6.07) is 22.8. The van der Waals surface area contributed by atoms with E-state index in [1.165, 1.54) is 23.9 Å². The van der Waals surface area contributed by atoms with Crippen LogP contribution < -0.4 is 4.74 Å². The topological polar surface area (TPSA) is 39.9 Å². The second kappa shape index (κ2) is 9.48. The number of nitrogens with zero attached hydrogens (tertiary/aromatic N) is 3. The fourth-order valence-corrected chi connectivity index (χ4v) is 4.24. The maximum Gasteiger partial charge on any atom is 0.416 e. The van der Waals surface area contributed by atoms with Crippen molar-refractivity contribution in [3.8, 4) is 11.4 Å². The van der Waals surface area contributed by atoms with Gasteiger partial charge in [0.15, 0.2) is 5.16 Å². The molecule has 3 aromatic carbocycles. The Kier molecular flexibility index (Phi) is 6.50. The van der Waals surface area contributed by atoms with Gasteiger partial charge in [0.05, 0.1) is 18.4 Å². The van der Waals surface area contributed by atoms with E-state index in [1.807, 2.05) is 59.2 Å². The average molecular weight is 456 g/mol. The maximum atomic E-state index is 13.1. The Morgan fingerprint density at radius 3 is 2.34 bits per heavy atom. The van der Waals surface area contributed by atoms with Gasteiger partial charge in [-0.25, -0.2) is 0 Å². The molecule has 4 aromatic rings.